The van der Waals surface area contributed by atoms with E-state index in [0.717, 1.165) is 43.2 Å². The lowest BCUT2D eigenvalue weighted by Crippen LogP contribution is -2.57. The van der Waals surface area contributed by atoms with Crippen molar-refractivity contribution in [3.8, 4) is 6.07 Å². The molecular weight excluding hydrogens is 432 g/mol. The minimum Gasteiger partial charge on any atom is -0.355 e. The Hall–Kier alpha value is -2.96. The number of hydrogen-bond acceptors (Lipinski definition) is 6. The number of carbonyl (C=O) groups excluding carboxylic acids is 3. The number of amides is 3. The van der Waals surface area contributed by atoms with E-state index in [-0.39, 0.29) is 47.9 Å². The fraction of sp³-hybridized carbons (Fsp3) is 0.600. The van der Waals surface area contributed by atoms with E-state index in [4.69, 9.17) is 5.73 Å². The number of nitrogens with zero attached hydrogens (tertiary/aromatic N) is 4. The van der Waals surface area contributed by atoms with E-state index in [2.05, 4.69) is 16.3 Å². The molecule has 5 aliphatic rings. The minimum atomic E-state index is -0.717. The maximum Gasteiger partial charge on any atom is 0.251 e. The molecule has 3 saturated heterocycles. The smallest absolute Gasteiger partial charge is 0.251 e. The summed E-state index contributed by atoms with van der Waals surface area (Å²) in [6, 6.07) is 7.05. The van der Waals surface area contributed by atoms with Crippen molar-refractivity contribution < 1.29 is 14.4 Å². The van der Waals surface area contributed by atoms with Crippen LogP contribution >= 0.6 is 0 Å². The number of nitriles is 1. The predicted octanol–water partition coefficient (Wildman–Crippen LogP) is 0.159. The van der Waals surface area contributed by atoms with Gasteiger partial charge < -0.3 is 20.9 Å². The van der Waals surface area contributed by atoms with E-state index in [0.29, 0.717) is 24.6 Å². The zero-order chi connectivity index (χ0) is 23.7. The molecular formula is C25H30N6O3. The van der Waals surface area contributed by atoms with Gasteiger partial charge in [0.1, 0.15) is 6.04 Å². The lowest BCUT2D eigenvalue weighted by Gasteiger charge is -2.38. The average Bonchev–Trinajstić information content (AvgIpc) is 3.18. The Balaban J connectivity index is 1.12. The number of aryl methyl sites for hydroxylation is 1. The average molecular weight is 463 g/mol. The highest BCUT2D eigenvalue weighted by Crippen LogP contribution is 2.48. The number of rotatable bonds is 5. The second-order valence-corrected chi connectivity index (χ2v) is 10.4. The van der Waals surface area contributed by atoms with E-state index in [1.807, 2.05) is 23.1 Å². The number of piperidine rings is 1. The molecule has 1 saturated carbocycles. The van der Waals surface area contributed by atoms with Crippen molar-refractivity contribution in [2.75, 3.05) is 20.1 Å². The van der Waals surface area contributed by atoms with Crippen LogP contribution in [-0.4, -0.2) is 82.8 Å². The summed E-state index contributed by atoms with van der Waals surface area (Å²) in [6.07, 6.45) is 4.22. The van der Waals surface area contributed by atoms with Crippen LogP contribution in [-0.2, 0) is 16.0 Å². The van der Waals surface area contributed by atoms with Crippen LogP contribution in [0.15, 0.2) is 18.2 Å². The molecule has 0 radical (unpaired) electrons. The van der Waals surface area contributed by atoms with Gasteiger partial charge in [0, 0.05) is 37.8 Å². The number of hydrogen-bond donors (Lipinski definition) is 2. The van der Waals surface area contributed by atoms with Crippen LogP contribution in [0.25, 0.3) is 0 Å². The zero-order valence-electron chi connectivity index (χ0n) is 19.3. The molecule has 7 atom stereocenters. The molecule has 3 N–H and O–H groups in total. The third-order valence-corrected chi connectivity index (χ3v) is 8.58. The maximum absolute atomic E-state index is 13.4. The van der Waals surface area contributed by atoms with Gasteiger partial charge in [0.15, 0.2) is 0 Å². The fourth-order valence-corrected chi connectivity index (χ4v) is 6.88. The molecule has 1 aromatic carbocycles. The summed E-state index contributed by atoms with van der Waals surface area (Å²) < 4.78 is 0. The van der Waals surface area contributed by atoms with Crippen molar-refractivity contribution >= 4 is 17.7 Å². The summed E-state index contributed by atoms with van der Waals surface area (Å²) in [5.41, 5.74) is 9.25. The molecule has 4 unspecified atom stereocenters. The zero-order valence-corrected chi connectivity index (χ0v) is 19.3. The SMILES string of the molecule is CNC(=O)c1ccc2c(c1)CCC2N1C(=O)[C@@H]2CC1CN2CC(N)C(=O)N1C(C#N)C[C@@H]2C[C@@H]21. The van der Waals surface area contributed by atoms with E-state index in [9.17, 15) is 19.6 Å². The van der Waals surface area contributed by atoms with E-state index >= 15 is 0 Å². The monoisotopic (exact) mass is 462 g/mol. The van der Waals surface area contributed by atoms with Crippen molar-refractivity contribution in [3.63, 3.8) is 0 Å². The highest BCUT2D eigenvalue weighted by Gasteiger charge is 2.56. The Morgan fingerprint density at radius 3 is 2.82 bits per heavy atom. The van der Waals surface area contributed by atoms with Crippen molar-refractivity contribution in [2.24, 2.45) is 11.7 Å². The van der Waals surface area contributed by atoms with Crippen LogP contribution in [0.4, 0.5) is 0 Å². The molecule has 3 amide bonds. The second kappa shape index (κ2) is 7.79. The van der Waals surface area contributed by atoms with Crippen LogP contribution < -0.4 is 11.1 Å². The van der Waals surface area contributed by atoms with Crippen LogP contribution in [0.1, 0.15) is 53.2 Å². The van der Waals surface area contributed by atoms with Gasteiger partial charge in [-0.3, -0.25) is 19.3 Å². The molecule has 6 rings (SSSR count). The van der Waals surface area contributed by atoms with Gasteiger partial charge in [-0.2, -0.15) is 5.26 Å². The van der Waals surface area contributed by atoms with Gasteiger partial charge in [-0.25, -0.2) is 0 Å². The van der Waals surface area contributed by atoms with Gasteiger partial charge in [-0.15, -0.1) is 0 Å². The summed E-state index contributed by atoms with van der Waals surface area (Å²) in [4.78, 5) is 44.2. The molecule has 2 aliphatic carbocycles. The molecule has 2 bridgehead atoms. The number of nitrogens with one attached hydrogen (secondary N) is 1. The summed E-state index contributed by atoms with van der Waals surface area (Å²) in [7, 11) is 1.62. The van der Waals surface area contributed by atoms with Gasteiger partial charge in [0.2, 0.25) is 11.8 Å². The lowest BCUT2D eigenvalue weighted by atomic mass is 10.0. The normalized spacial score (nSPS) is 34.1. The standard InChI is InChI=1S/C25H30N6O3/c1-28-23(32)14-2-4-18-13(6-14)3-5-20(18)31-17-9-22(25(31)34)29(11-17)12-19(27)24(33)30-16(10-26)7-15-8-21(15)30/h2,4,6,15-17,19-22H,3,5,7-9,11-12,27H2,1H3,(H,28,32)/t15-,16?,17?,19?,20?,21+,22+/m1/s1. The van der Waals surface area contributed by atoms with Crippen LogP contribution in [0.5, 0.6) is 0 Å². The summed E-state index contributed by atoms with van der Waals surface area (Å²) in [5, 5.41) is 12.1. The Morgan fingerprint density at radius 1 is 1.26 bits per heavy atom. The molecule has 4 fully saturated rings. The van der Waals surface area contributed by atoms with Gasteiger partial charge in [0.05, 0.1) is 24.2 Å². The Bertz CT molecular complexity index is 1110. The third-order valence-electron chi connectivity index (χ3n) is 8.58. The lowest BCUT2D eigenvalue weighted by molar-refractivity contribution is -0.141. The quantitative estimate of drug-likeness (QED) is 0.643. The predicted molar refractivity (Wildman–Crippen MR) is 122 cm³/mol. The topological polar surface area (TPSA) is 123 Å². The Morgan fingerprint density at radius 2 is 2.09 bits per heavy atom. The van der Waals surface area contributed by atoms with Gasteiger partial charge in [0.25, 0.3) is 5.91 Å². The second-order valence-electron chi connectivity index (χ2n) is 10.4. The Kier molecular flexibility index (Phi) is 4.94. The summed E-state index contributed by atoms with van der Waals surface area (Å²) in [5.74, 6) is 0.319. The highest BCUT2D eigenvalue weighted by molar-refractivity contribution is 5.94. The van der Waals surface area contributed by atoms with Gasteiger partial charge in [-0.1, -0.05) is 6.07 Å². The van der Waals surface area contributed by atoms with E-state index in [1.165, 1.54) is 0 Å². The highest BCUT2D eigenvalue weighted by atomic mass is 16.2. The molecule has 34 heavy (non-hydrogen) atoms. The van der Waals surface area contributed by atoms with E-state index < -0.39 is 6.04 Å². The van der Waals surface area contributed by atoms with Crippen molar-refractivity contribution in [1.82, 2.24) is 20.0 Å². The molecule has 178 valence electrons. The Labute approximate surface area is 198 Å². The molecule has 0 spiro atoms. The van der Waals surface area contributed by atoms with Crippen molar-refractivity contribution in [3.05, 3.63) is 34.9 Å². The van der Waals surface area contributed by atoms with Crippen molar-refractivity contribution in [2.45, 2.75) is 68.4 Å². The summed E-state index contributed by atoms with van der Waals surface area (Å²) >= 11 is 0. The first-order valence-corrected chi connectivity index (χ1v) is 12.3. The van der Waals surface area contributed by atoms with Gasteiger partial charge in [-0.05, 0) is 61.3 Å². The number of benzene rings is 1. The molecule has 3 heterocycles. The fourth-order valence-electron chi connectivity index (χ4n) is 6.88. The number of piperazine rings is 1. The maximum atomic E-state index is 13.4. The van der Waals surface area contributed by atoms with Crippen molar-refractivity contribution in [1.29, 1.82) is 5.26 Å². The first-order chi connectivity index (χ1) is 16.4. The van der Waals surface area contributed by atoms with Crippen LogP contribution in [0.3, 0.4) is 0 Å². The molecule has 3 aliphatic heterocycles. The largest absolute Gasteiger partial charge is 0.355 e. The number of nitrogens with two attached hydrogens (primary N) is 1. The molecule has 9 nitrogen and oxygen atoms in total. The minimum absolute atomic E-state index is 0.0430. The molecule has 9 heteroatoms. The number of likely N-dealkylation sites (tertiary alicyclic amines) is 3. The van der Waals surface area contributed by atoms with Gasteiger partial charge >= 0.3 is 0 Å². The number of carbonyl (C=O) groups is 3. The van der Waals surface area contributed by atoms with Crippen LogP contribution in [0, 0.1) is 17.2 Å². The molecule has 1 aromatic rings. The number of fused-ring (bicyclic) bond motifs is 4. The first-order valence-electron chi connectivity index (χ1n) is 12.3. The summed E-state index contributed by atoms with van der Waals surface area (Å²) in [6.45, 7) is 1.07. The van der Waals surface area contributed by atoms with E-state index in [1.54, 1.807) is 11.9 Å². The molecule has 0 aromatic heterocycles. The van der Waals surface area contributed by atoms with Crippen LogP contribution in [0.2, 0.25) is 0 Å². The first kappa shape index (κ1) is 21.6. The third kappa shape index (κ3) is 3.16.